The molecule has 2 atom stereocenters. The molecule has 0 aromatic heterocycles. The highest BCUT2D eigenvalue weighted by atomic mass is 32.2. The van der Waals surface area contributed by atoms with Gasteiger partial charge in [-0.25, -0.2) is 13.1 Å². The Morgan fingerprint density at radius 2 is 1.36 bits per heavy atom. The van der Waals surface area contributed by atoms with Gasteiger partial charge in [0.15, 0.2) is 0 Å². The number of hydrogen-bond donors (Lipinski definition) is 1. The second-order valence-electron chi connectivity index (χ2n) is 8.76. The van der Waals surface area contributed by atoms with Crippen molar-refractivity contribution in [2.24, 2.45) is 0 Å². The minimum absolute atomic E-state index is 0.0280. The van der Waals surface area contributed by atoms with E-state index in [1.807, 2.05) is 6.07 Å². The normalized spacial score (nSPS) is 29.0. The first-order valence-electron chi connectivity index (χ1n) is 11.2. The molecule has 1 aromatic rings. The summed E-state index contributed by atoms with van der Waals surface area (Å²) in [5.74, 6) is 0. The number of hydrogen-bond acceptors (Lipinski definition) is 4. The van der Waals surface area contributed by atoms with Crippen molar-refractivity contribution in [3.8, 4) is 0 Å². The summed E-state index contributed by atoms with van der Waals surface area (Å²) in [4.78, 5) is 5.64. The third-order valence-corrected chi connectivity index (χ3v) is 8.50. The van der Waals surface area contributed by atoms with E-state index in [4.69, 9.17) is 0 Å². The van der Waals surface area contributed by atoms with Crippen molar-refractivity contribution in [2.45, 2.75) is 80.8 Å². The third-order valence-electron chi connectivity index (χ3n) is 7.00. The summed E-state index contributed by atoms with van der Waals surface area (Å²) in [7, 11) is -3.45. The molecule has 0 spiro atoms. The van der Waals surface area contributed by atoms with Crippen molar-refractivity contribution in [3.63, 3.8) is 0 Å². The second-order valence-corrected chi connectivity index (χ2v) is 10.5. The van der Waals surface area contributed by atoms with Crippen LogP contribution in [0.1, 0.15) is 57.8 Å². The molecule has 0 amide bonds. The molecule has 3 aliphatic rings. The molecule has 1 aliphatic heterocycles. The van der Waals surface area contributed by atoms with Crippen molar-refractivity contribution in [1.82, 2.24) is 14.5 Å². The first-order chi connectivity index (χ1) is 13.6. The summed E-state index contributed by atoms with van der Waals surface area (Å²) in [5, 5.41) is 0. The fourth-order valence-corrected chi connectivity index (χ4v) is 6.76. The Morgan fingerprint density at radius 1 is 0.750 bits per heavy atom. The second kappa shape index (κ2) is 9.24. The molecule has 0 bridgehead atoms. The van der Waals surface area contributed by atoms with Crippen LogP contribution < -0.4 is 4.72 Å². The predicted octanol–water partition coefficient (Wildman–Crippen LogP) is 3.23. The molecule has 0 unspecified atom stereocenters. The summed E-state index contributed by atoms with van der Waals surface area (Å²) in [6.45, 7) is 4.42. The Balaban J connectivity index is 1.38. The van der Waals surface area contributed by atoms with Crippen molar-refractivity contribution in [3.05, 3.63) is 30.3 Å². The van der Waals surface area contributed by atoms with Gasteiger partial charge in [0, 0.05) is 44.3 Å². The molecule has 28 heavy (non-hydrogen) atoms. The molecule has 2 saturated carbocycles. The highest BCUT2D eigenvalue weighted by Crippen LogP contribution is 2.28. The molecular weight excluding hydrogens is 370 g/mol. The van der Waals surface area contributed by atoms with Crippen LogP contribution in [0.15, 0.2) is 35.2 Å². The third kappa shape index (κ3) is 4.78. The Kier molecular flexibility index (Phi) is 6.71. The number of piperazine rings is 1. The molecule has 6 heteroatoms. The van der Waals surface area contributed by atoms with Gasteiger partial charge in [-0.2, -0.15) is 0 Å². The summed E-state index contributed by atoms with van der Waals surface area (Å²) in [6, 6.07) is 9.95. The van der Waals surface area contributed by atoms with Gasteiger partial charge >= 0.3 is 0 Å². The van der Waals surface area contributed by atoms with Gasteiger partial charge in [0.05, 0.1) is 4.90 Å². The van der Waals surface area contributed by atoms with Crippen LogP contribution in [-0.4, -0.2) is 62.5 Å². The number of rotatable bonds is 5. The average molecular weight is 406 g/mol. The van der Waals surface area contributed by atoms with E-state index in [0.29, 0.717) is 10.9 Å². The zero-order valence-electron chi connectivity index (χ0n) is 16.9. The van der Waals surface area contributed by atoms with E-state index in [2.05, 4.69) is 14.5 Å². The largest absolute Gasteiger partial charge is 0.298 e. The van der Waals surface area contributed by atoms with Crippen molar-refractivity contribution < 1.29 is 8.42 Å². The maximum absolute atomic E-state index is 12.8. The fourth-order valence-electron chi connectivity index (χ4n) is 5.43. The highest BCUT2D eigenvalue weighted by Gasteiger charge is 2.35. The first kappa shape index (κ1) is 20.3. The van der Waals surface area contributed by atoms with Gasteiger partial charge in [0.1, 0.15) is 0 Å². The van der Waals surface area contributed by atoms with Crippen LogP contribution in [-0.2, 0) is 10.0 Å². The summed E-state index contributed by atoms with van der Waals surface area (Å²) in [6.07, 6.45) is 11.3. The fraction of sp³-hybridized carbons (Fsp3) is 0.727. The monoisotopic (exact) mass is 405 g/mol. The standard InChI is InChI=1S/C22H35N3O2S/c26-28(27,20-11-5-2-6-12-20)23-21-13-7-8-14-22(21)25-17-15-24(16-18-25)19-9-3-1-4-10-19/h2,5-6,11-12,19,21-23H,1,3-4,7-10,13-18H2/t21-,22+/m1/s1. The summed E-state index contributed by atoms with van der Waals surface area (Å²) >= 11 is 0. The Bertz CT molecular complexity index is 711. The van der Waals surface area contributed by atoms with Gasteiger partial charge in [0.2, 0.25) is 10.0 Å². The molecule has 4 rings (SSSR count). The lowest BCUT2D eigenvalue weighted by Gasteiger charge is -2.46. The number of sulfonamides is 1. The Hall–Kier alpha value is -0.950. The van der Waals surface area contributed by atoms with E-state index >= 15 is 0 Å². The van der Waals surface area contributed by atoms with Gasteiger partial charge in [-0.15, -0.1) is 0 Å². The highest BCUT2D eigenvalue weighted by molar-refractivity contribution is 7.89. The minimum Gasteiger partial charge on any atom is -0.298 e. The van der Waals surface area contributed by atoms with Crippen molar-refractivity contribution >= 4 is 10.0 Å². The van der Waals surface area contributed by atoms with E-state index in [1.165, 1.54) is 38.5 Å². The number of nitrogens with one attached hydrogen (secondary N) is 1. The lowest BCUT2D eigenvalue weighted by Crippen LogP contribution is -2.59. The van der Waals surface area contributed by atoms with Crippen LogP contribution in [0.25, 0.3) is 0 Å². The Labute approximate surface area is 170 Å². The van der Waals surface area contributed by atoms with Crippen LogP contribution in [0.3, 0.4) is 0 Å². The molecule has 1 N–H and O–H groups in total. The summed E-state index contributed by atoms with van der Waals surface area (Å²) in [5.41, 5.74) is 0. The maximum Gasteiger partial charge on any atom is 0.240 e. The van der Waals surface area contributed by atoms with E-state index in [1.54, 1.807) is 24.3 Å². The Morgan fingerprint density at radius 3 is 2.07 bits per heavy atom. The van der Waals surface area contributed by atoms with Crippen molar-refractivity contribution in [2.75, 3.05) is 26.2 Å². The topological polar surface area (TPSA) is 52.7 Å². The lowest BCUT2D eigenvalue weighted by molar-refractivity contribution is 0.0380. The van der Waals surface area contributed by atoms with Gasteiger partial charge in [0.25, 0.3) is 0 Å². The molecule has 2 aliphatic carbocycles. The van der Waals surface area contributed by atoms with Crippen LogP contribution in [0.2, 0.25) is 0 Å². The van der Waals surface area contributed by atoms with Crippen LogP contribution in [0.5, 0.6) is 0 Å². The number of benzene rings is 1. The van der Waals surface area contributed by atoms with E-state index in [9.17, 15) is 8.42 Å². The van der Waals surface area contributed by atoms with Gasteiger partial charge in [-0.1, -0.05) is 50.3 Å². The zero-order valence-corrected chi connectivity index (χ0v) is 17.7. The summed E-state index contributed by atoms with van der Waals surface area (Å²) < 4.78 is 28.7. The van der Waals surface area contributed by atoms with Crippen LogP contribution in [0.4, 0.5) is 0 Å². The quantitative estimate of drug-likeness (QED) is 0.817. The van der Waals surface area contributed by atoms with Crippen molar-refractivity contribution in [1.29, 1.82) is 0 Å². The van der Waals surface area contributed by atoms with Gasteiger partial charge in [-0.3, -0.25) is 9.80 Å². The molecule has 3 fully saturated rings. The van der Waals surface area contributed by atoms with E-state index in [-0.39, 0.29) is 6.04 Å². The molecule has 0 radical (unpaired) electrons. The van der Waals surface area contributed by atoms with Crippen LogP contribution >= 0.6 is 0 Å². The SMILES string of the molecule is O=S(=O)(N[C@@H]1CCCC[C@@H]1N1CCN(C2CCCCC2)CC1)c1ccccc1. The van der Waals surface area contributed by atoms with Gasteiger partial charge in [-0.05, 0) is 37.8 Å². The molecule has 156 valence electrons. The van der Waals surface area contributed by atoms with Gasteiger partial charge < -0.3 is 0 Å². The number of nitrogens with zero attached hydrogens (tertiary/aromatic N) is 2. The molecule has 1 saturated heterocycles. The first-order valence-corrected chi connectivity index (χ1v) is 12.7. The van der Waals surface area contributed by atoms with E-state index in [0.717, 1.165) is 51.5 Å². The maximum atomic E-state index is 12.8. The molecule has 5 nitrogen and oxygen atoms in total. The lowest BCUT2D eigenvalue weighted by atomic mass is 9.89. The molecule has 1 aromatic carbocycles. The average Bonchev–Trinajstić information content (AvgIpc) is 2.75. The zero-order chi connectivity index (χ0) is 19.4. The molecular formula is C22H35N3O2S. The minimum atomic E-state index is -3.45. The predicted molar refractivity (Wildman–Crippen MR) is 113 cm³/mol. The van der Waals surface area contributed by atoms with E-state index < -0.39 is 10.0 Å². The smallest absolute Gasteiger partial charge is 0.240 e. The molecule has 1 heterocycles. The van der Waals surface area contributed by atoms with Crippen LogP contribution in [0, 0.1) is 0 Å².